The molecule has 0 bridgehead atoms. The molecule has 150 valence electrons. The van der Waals surface area contributed by atoms with Crippen molar-refractivity contribution < 1.29 is 14.3 Å². The summed E-state index contributed by atoms with van der Waals surface area (Å²) in [5.41, 5.74) is 2.24. The highest BCUT2D eigenvalue weighted by Crippen LogP contribution is 2.45. The average Bonchev–Trinajstić information content (AvgIpc) is 2.81. The van der Waals surface area contributed by atoms with Crippen molar-refractivity contribution in [1.82, 2.24) is 0 Å². The lowest BCUT2D eigenvalue weighted by Crippen LogP contribution is -2.29. The van der Waals surface area contributed by atoms with Crippen LogP contribution in [0.4, 0.5) is 5.69 Å². The van der Waals surface area contributed by atoms with E-state index in [-0.39, 0.29) is 0 Å². The molecule has 5 aromatic carbocycles. The van der Waals surface area contributed by atoms with Gasteiger partial charge in [0.05, 0.1) is 11.1 Å². The molecule has 0 unspecified atom stereocenters. The van der Waals surface area contributed by atoms with Crippen LogP contribution in [0.3, 0.4) is 0 Å². The number of cyclic esters (lactones) is 2. The first kappa shape index (κ1) is 17.1. The molecular formula is C27H19NO3. The highest BCUT2D eigenvalue weighted by atomic mass is 16.6. The topological polar surface area (TPSA) is 46.6 Å². The van der Waals surface area contributed by atoms with E-state index in [2.05, 4.69) is 35.2 Å². The molecule has 7 rings (SSSR count). The third kappa shape index (κ3) is 2.14. The third-order valence-electron chi connectivity index (χ3n) is 7.08. The first-order valence-corrected chi connectivity index (χ1v) is 10.9. The second-order valence-corrected chi connectivity index (χ2v) is 8.66. The van der Waals surface area contributed by atoms with Gasteiger partial charge in [-0.25, -0.2) is 9.59 Å². The molecular weight excluding hydrogens is 386 g/mol. The SMILES string of the molecule is O=C1OC(=O)c2ccc3c4ccc(N5CCCCC5)c5cccc(c6ccc1c2c63)c54. The molecule has 2 heterocycles. The van der Waals surface area contributed by atoms with E-state index in [9.17, 15) is 9.59 Å². The minimum Gasteiger partial charge on any atom is -0.386 e. The lowest BCUT2D eigenvalue weighted by Gasteiger charge is -2.30. The van der Waals surface area contributed by atoms with E-state index < -0.39 is 11.9 Å². The van der Waals surface area contributed by atoms with Crippen LogP contribution in [0, 0.1) is 0 Å². The van der Waals surface area contributed by atoms with E-state index >= 15 is 0 Å². The Bertz CT molecular complexity index is 1510. The van der Waals surface area contributed by atoms with Crippen LogP contribution in [0.1, 0.15) is 40.0 Å². The van der Waals surface area contributed by atoms with Gasteiger partial charge in [-0.2, -0.15) is 0 Å². The lowest BCUT2D eigenvalue weighted by molar-refractivity contribution is 0.0391. The van der Waals surface area contributed by atoms with Gasteiger partial charge >= 0.3 is 11.9 Å². The maximum atomic E-state index is 12.4. The molecule has 1 fully saturated rings. The molecule has 0 amide bonds. The number of nitrogens with zero attached hydrogens (tertiary/aromatic N) is 1. The van der Waals surface area contributed by atoms with Crippen molar-refractivity contribution in [3.63, 3.8) is 0 Å². The van der Waals surface area contributed by atoms with Crippen molar-refractivity contribution in [2.24, 2.45) is 0 Å². The van der Waals surface area contributed by atoms with Gasteiger partial charge in [-0.05, 0) is 69.8 Å². The number of rotatable bonds is 1. The number of carbonyl (C=O) groups excluding carboxylic acids is 2. The first-order valence-electron chi connectivity index (χ1n) is 10.9. The van der Waals surface area contributed by atoms with Crippen LogP contribution in [0.15, 0.2) is 54.6 Å². The number of esters is 2. The molecule has 0 atom stereocenters. The molecule has 0 aromatic heterocycles. The Hall–Kier alpha value is -3.66. The molecule has 5 aromatic rings. The fourth-order valence-corrected chi connectivity index (χ4v) is 5.73. The number of carbonyl (C=O) groups is 2. The number of anilines is 1. The van der Waals surface area contributed by atoms with E-state index in [1.54, 1.807) is 12.1 Å². The van der Waals surface area contributed by atoms with Gasteiger partial charge in [-0.1, -0.05) is 36.4 Å². The molecule has 2 aliphatic heterocycles. The third-order valence-corrected chi connectivity index (χ3v) is 7.08. The zero-order valence-corrected chi connectivity index (χ0v) is 16.9. The Morgan fingerprint density at radius 3 is 1.87 bits per heavy atom. The number of ether oxygens (including phenoxy) is 1. The van der Waals surface area contributed by atoms with E-state index in [0.717, 1.165) is 45.4 Å². The summed E-state index contributed by atoms with van der Waals surface area (Å²) in [6, 6.07) is 18.6. The standard InChI is InChI=1S/C27H19NO3/c29-26-20-9-7-17-15-5-4-6-19-22(28-13-2-1-3-14-28)12-11-16(23(15)19)18-8-10-21(27(30)31-26)25(20)24(17)18/h4-12H,1-3,13-14H2. The van der Waals surface area contributed by atoms with Gasteiger partial charge in [0.25, 0.3) is 0 Å². The summed E-state index contributed by atoms with van der Waals surface area (Å²) in [7, 11) is 0. The van der Waals surface area contributed by atoms with E-state index in [4.69, 9.17) is 4.74 Å². The van der Waals surface area contributed by atoms with Gasteiger partial charge in [0.1, 0.15) is 0 Å². The van der Waals surface area contributed by atoms with Crippen molar-refractivity contribution in [2.75, 3.05) is 18.0 Å². The summed E-state index contributed by atoms with van der Waals surface area (Å²) in [6.07, 6.45) is 3.78. The maximum absolute atomic E-state index is 12.4. The molecule has 0 saturated carbocycles. The number of piperidine rings is 1. The lowest BCUT2D eigenvalue weighted by atomic mass is 9.85. The summed E-state index contributed by atoms with van der Waals surface area (Å²) in [4.78, 5) is 27.3. The summed E-state index contributed by atoms with van der Waals surface area (Å²) in [5, 5.41) is 8.70. The minimum absolute atomic E-state index is 0.468. The Kier molecular flexibility index (Phi) is 3.27. The Morgan fingerprint density at radius 1 is 0.581 bits per heavy atom. The second-order valence-electron chi connectivity index (χ2n) is 8.66. The maximum Gasteiger partial charge on any atom is 0.346 e. The van der Waals surface area contributed by atoms with E-state index in [0.29, 0.717) is 11.1 Å². The van der Waals surface area contributed by atoms with E-state index in [1.807, 2.05) is 12.1 Å². The number of benzene rings is 5. The minimum atomic E-state index is -0.564. The van der Waals surface area contributed by atoms with Crippen LogP contribution < -0.4 is 4.90 Å². The number of hydrogen-bond acceptors (Lipinski definition) is 4. The Labute approximate surface area is 178 Å². The monoisotopic (exact) mass is 405 g/mol. The molecule has 0 N–H and O–H groups in total. The van der Waals surface area contributed by atoms with Crippen LogP contribution in [0.5, 0.6) is 0 Å². The van der Waals surface area contributed by atoms with Gasteiger partial charge in [-0.15, -0.1) is 0 Å². The van der Waals surface area contributed by atoms with Gasteiger partial charge in [0.15, 0.2) is 0 Å². The first-order chi connectivity index (χ1) is 15.2. The van der Waals surface area contributed by atoms with Gasteiger partial charge in [0, 0.05) is 29.5 Å². The number of fused-ring (bicyclic) bond motifs is 2. The average molecular weight is 405 g/mol. The highest BCUT2D eigenvalue weighted by Gasteiger charge is 2.29. The molecule has 0 aliphatic carbocycles. The van der Waals surface area contributed by atoms with Crippen LogP contribution in [0.2, 0.25) is 0 Å². The van der Waals surface area contributed by atoms with Crippen LogP contribution in [-0.2, 0) is 4.74 Å². The van der Waals surface area contributed by atoms with Crippen molar-refractivity contribution in [3.05, 3.63) is 65.7 Å². The molecule has 0 spiro atoms. The van der Waals surface area contributed by atoms with Crippen LogP contribution in [-0.4, -0.2) is 25.0 Å². The predicted molar refractivity (Wildman–Crippen MR) is 123 cm³/mol. The van der Waals surface area contributed by atoms with Crippen molar-refractivity contribution in [3.8, 4) is 0 Å². The van der Waals surface area contributed by atoms with Gasteiger partial charge in [-0.3, -0.25) is 0 Å². The van der Waals surface area contributed by atoms with Crippen molar-refractivity contribution in [1.29, 1.82) is 0 Å². The molecule has 0 radical (unpaired) electrons. The number of hydrogen-bond donors (Lipinski definition) is 0. The predicted octanol–water partition coefficient (Wildman–Crippen LogP) is 6.04. The molecule has 1 saturated heterocycles. The summed E-state index contributed by atoms with van der Waals surface area (Å²) in [6.45, 7) is 2.20. The van der Waals surface area contributed by atoms with E-state index in [1.165, 1.54) is 35.7 Å². The summed E-state index contributed by atoms with van der Waals surface area (Å²) < 4.78 is 4.96. The molecule has 4 nitrogen and oxygen atoms in total. The molecule has 31 heavy (non-hydrogen) atoms. The van der Waals surface area contributed by atoms with Crippen LogP contribution in [0.25, 0.3) is 43.1 Å². The fourth-order valence-electron chi connectivity index (χ4n) is 5.73. The zero-order chi connectivity index (χ0) is 20.7. The molecule has 4 heteroatoms. The quantitative estimate of drug-likeness (QED) is 0.148. The summed E-state index contributed by atoms with van der Waals surface area (Å²) >= 11 is 0. The normalized spacial score (nSPS) is 16.7. The largest absolute Gasteiger partial charge is 0.386 e. The van der Waals surface area contributed by atoms with Crippen molar-refractivity contribution in [2.45, 2.75) is 19.3 Å². The summed E-state index contributed by atoms with van der Waals surface area (Å²) in [5.74, 6) is -1.13. The van der Waals surface area contributed by atoms with Crippen LogP contribution >= 0.6 is 0 Å². The molecule has 2 aliphatic rings. The zero-order valence-electron chi connectivity index (χ0n) is 16.9. The fraction of sp³-hybridized carbons (Fsp3) is 0.185. The second kappa shape index (κ2) is 5.94. The Morgan fingerprint density at radius 2 is 1.16 bits per heavy atom. The van der Waals surface area contributed by atoms with Gasteiger partial charge in [0.2, 0.25) is 0 Å². The van der Waals surface area contributed by atoms with Crippen molar-refractivity contribution >= 4 is 60.7 Å². The Balaban J connectivity index is 1.67. The van der Waals surface area contributed by atoms with Gasteiger partial charge < -0.3 is 9.64 Å². The highest BCUT2D eigenvalue weighted by molar-refractivity contribution is 6.37. The smallest absolute Gasteiger partial charge is 0.346 e.